The third-order valence-electron chi connectivity index (χ3n) is 0.980. The minimum atomic E-state index is 1.08. The van der Waals surface area contributed by atoms with E-state index in [1.165, 1.54) is 4.90 Å². The van der Waals surface area contributed by atoms with E-state index in [9.17, 15) is 0 Å². The SMILES string of the molecule is NC=[SH]c1ccccc1. The summed E-state index contributed by atoms with van der Waals surface area (Å²) in [6.07, 6.45) is 0. The van der Waals surface area contributed by atoms with Gasteiger partial charge in [0.2, 0.25) is 0 Å². The molecule has 0 fully saturated rings. The lowest BCUT2D eigenvalue weighted by atomic mass is 10.4. The molecule has 1 aromatic rings. The van der Waals surface area contributed by atoms with Crippen LogP contribution in [0.15, 0.2) is 35.2 Å². The molecule has 0 spiro atoms. The Morgan fingerprint density at radius 2 is 1.89 bits per heavy atom. The molecular weight excluding hydrogens is 130 g/mol. The van der Waals surface area contributed by atoms with Crippen molar-refractivity contribution in [2.45, 2.75) is 4.90 Å². The van der Waals surface area contributed by atoms with Crippen LogP contribution in [-0.4, -0.2) is 5.49 Å². The number of benzene rings is 1. The van der Waals surface area contributed by atoms with Gasteiger partial charge in [0.05, 0.1) is 0 Å². The van der Waals surface area contributed by atoms with Crippen molar-refractivity contribution in [3.05, 3.63) is 30.3 Å². The van der Waals surface area contributed by atoms with Gasteiger partial charge in [0.1, 0.15) is 0 Å². The van der Waals surface area contributed by atoms with Crippen molar-refractivity contribution in [2.24, 2.45) is 5.73 Å². The Labute approximate surface area is 58.5 Å². The van der Waals surface area contributed by atoms with Crippen molar-refractivity contribution in [2.75, 3.05) is 0 Å². The third kappa shape index (κ3) is 2.00. The monoisotopic (exact) mass is 139 g/mol. The molecule has 0 aliphatic rings. The molecule has 1 aromatic carbocycles. The molecule has 0 saturated carbocycles. The average Bonchev–Trinajstić information content (AvgIpc) is 1.91. The van der Waals surface area contributed by atoms with Crippen LogP contribution in [0, 0.1) is 0 Å². The Kier molecular flexibility index (Phi) is 2.48. The van der Waals surface area contributed by atoms with Crippen molar-refractivity contribution in [1.82, 2.24) is 0 Å². The van der Waals surface area contributed by atoms with Gasteiger partial charge in [-0.3, -0.25) is 0 Å². The summed E-state index contributed by atoms with van der Waals surface area (Å²) >= 11 is 1.08. The maximum atomic E-state index is 5.22. The van der Waals surface area contributed by atoms with E-state index in [0.717, 1.165) is 11.4 Å². The summed E-state index contributed by atoms with van der Waals surface area (Å²) in [6.45, 7) is 0. The molecule has 1 rings (SSSR count). The van der Waals surface area contributed by atoms with E-state index >= 15 is 0 Å². The summed E-state index contributed by atoms with van der Waals surface area (Å²) in [5.41, 5.74) is 6.86. The lowest BCUT2D eigenvalue weighted by molar-refractivity contribution is 1.48. The topological polar surface area (TPSA) is 26.0 Å². The Bertz CT molecular complexity index is 193. The fraction of sp³-hybridized carbons (Fsp3) is 0. The number of rotatable bonds is 1. The summed E-state index contributed by atoms with van der Waals surface area (Å²) < 4.78 is 0. The molecule has 2 N–H and O–H groups in total. The smallest absolute Gasteiger partial charge is 0.000168 e. The van der Waals surface area contributed by atoms with Crippen LogP contribution in [0.4, 0.5) is 0 Å². The minimum absolute atomic E-state index is 1.08. The fourth-order valence-corrected chi connectivity index (χ4v) is 1.12. The highest BCUT2D eigenvalue weighted by molar-refractivity contribution is 7.97. The zero-order valence-corrected chi connectivity index (χ0v) is 5.88. The van der Waals surface area contributed by atoms with E-state index < -0.39 is 0 Å². The zero-order chi connectivity index (χ0) is 6.53. The molecule has 0 aliphatic heterocycles. The zero-order valence-electron chi connectivity index (χ0n) is 4.99. The molecule has 0 aliphatic carbocycles. The van der Waals surface area contributed by atoms with Gasteiger partial charge in [0.25, 0.3) is 0 Å². The second-order valence-electron chi connectivity index (χ2n) is 1.61. The molecule has 0 radical (unpaired) electrons. The first-order chi connectivity index (χ1) is 4.43. The van der Waals surface area contributed by atoms with Crippen LogP contribution in [0.2, 0.25) is 0 Å². The van der Waals surface area contributed by atoms with Crippen molar-refractivity contribution < 1.29 is 0 Å². The minimum Gasteiger partial charge on any atom is -0.304 e. The number of hydrogen-bond donors (Lipinski definition) is 2. The molecule has 1 nitrogen and oxygen atoms in total. The molecule has 0 bridgehead atoms. The second-order valence-corrected chi connectivity index (χ2v) is 2.69. The maximum Gasteiger partial charge on any atom is 0.000168 e. The van der Waals surface area contributed by atoms with Gasteiger partial charge >= 0.3 is 0 Å². The average molecular weight is 139 g/mol. The highest BCUT2D eigenvalue weighted by Crippen LogP contribution is 2.06. The first-order valence-electron chi connectivity index (χ1n) is 2.73. The van der Waals surface area contributed by atoms with Crippen molar-refractivity contribution in [3.8, 4) is 0 Å². The summed E-state index contributed by atoms with van der Waals surface area (Å²) in [7, 11) is 0. The van der Waals surface area contributed by atoms with E-state index in [2.05, 4.69) is 0 Å². The van der Waals surface area contributed by atoms with Gasteiger partial charge in [-0.15, -0.1) is 0 Å². The molecule has 0 atom stereocenters. The summed E-state index contributed by atoms with van der Waals surface area (Å²) in [4.78, 5) is 1.24. The maximum absolute atomic E-state index is 5.22. The van der Waals surface area contributed by atoms with Crippen LogP contribution in [-0.2, 0) is 0 Å². The first kappa shape index (κ1) is 6.52. The Balaban J connectivity index is 2.85. The summed E-state index contributed by atoms with van der Waals surface area (Å²) in [5.74, 6) is 0. The predicted molar refractivity (Wildman–Crippen MR) is 43.9 cm³/mol. The standard InChI is InChI=1S/C7H9NS/c8-6-9-7-4-2-1-3-5-7/h1-6,9H,8H2. The molecule has 2 heteroatoms. The highest BCUT2D eigenvalue weighted by Gasteiger charge is 1.77. The van der Waals surface area contributed by atoms with E-state index in [-0.39, 0.29) is 0 Å². The quantitative estimate of drug-likeness (QED) is 0.444. The first-order valence-corrected chi connectivity index (χ1v) is 3.69. The molecule has 0 amide bonds. The summed E-state index contributed by atoms with van der Waals surface area (Å²) in [6, 6.07) is 10.1. The molecule has 0 aromatic heterocycles. The number of thiol groups is 1. The van der Waals surface area contributed by atoms with Gasteiger partial charge in [-0.1, -0.05) is 18.2 Å². The van der Waals surface area contributed by atoms with Gasteiger partial charge in [-0.05, 0) is 17.0 Å². The van der Waals surface area contributed by atoms with E-state index in [1.807, 2.05) is 30.3 Å². The molecule has 48 valence electrons. The van der Waals surface area contributed by atoms with Gasteiger partial charge in [-0.2, -0.15) is 11.4 Å². The molecule has 9 heavy (non-hydrogen) atoms. The molecule has 0 unspecified atom stereocenters. The Morgan fingerprint density at radius 1 is 1.22 bits per heavy atom. The molecule has 0 heterocycles. The number of hydrogen-bond acceptors (Lipinski definition) is 0. The number of nitrogens with two attached hydrogens (primary N) is 1. The highest BCUT2D eigenvalue weighted by atomic mass is 32.1. The van der Waals surface area contributed by atoms with E-state index in [4.69, 9.17) is 5.73 Å². The normalized spacial score (nSPS) is 11.2. The van der Waals surface area contributed by atoms with Gasteiger partial charge in [0, 0.05) is 5.49 Å². The Hall–Kier alpha value is -0.600. The fourth-order valence-electron chi connectivity index (χ4n) is 0.600. The van der Waals surface area contributed by atoms with Gasteiger partial charge in [0.15, 0.2) is 0 Å². The molecular formula is C7H9NS. The van der Waals surface area contributed by atoms with Crippen molar-refractivity contribution >= 4 is 16.8 Å². The van der Waals surface area contributed by atoms with Crippen LogP contribution in [0.5, 0.6) is 0 Å². The summed E-state index contributed by atoms with van der Waals surface area (Å²) in [5, 5.41) is 0. The van der Waals surface area contributed by atoms with Gasteiger partial charge in [-0.25, -0.2) is 0 Å². The lowest BCUT2D eigenvalue weighted by Gasteiger charge is -1.87. The van der Waals surface area contributed by atoms with Crippen LogP contribution in [0.3, 0.4) is 0 Å². The molecule has 0 saturated heterocycles. The third-order valence-corrected chi connectivity index (χ3v) is 1.73. The lowest BCUT2D eigenvalue weighted by Crippen LogP contribution is -1.83. The Morgan fingerprint density at radius 3 is 2.44 bits per heavy atom. The van der Waals surface area contributed by atoms with Crippen LogP contribution in [0.1, 0.15) is 0 Å². The predicted octanol–water partition coefficient (Wildman–Crippen LogP) is 1.23. The van der Waals surface area contributed by atoms with Crippen LogP contribution < -0.4 is 5.73 Å². The van der Waals surface area contributed by atoms with Crippen LogP contribution in [0.25, 0.3) is 0 Å². The van der Waals surface area contributed by atoms with E-state index in [1.54, 1.807) is 5.49 Å². The van der Waals surface area contributed by atoms with Crippen molar-refractivity contribution in [1.29, 1.82) is 0 Å². The van der Waals surface area contributed by atoms with E-state index in [0.29, 0.717) is 0 Å². The van der Waals surface area contributed by atoms with Crippen LogP contribution >= 0.6 is 11.4 Å². The van der Waals surface area contributed by atoms with Crippen molar-refractivity contribution in [3.63, 3.8) is 0 Å². The largest absolute Gasteiger partial charge is 0.304 e. The second kappa shape index (κ2) is 3.43. The van der Waals surface area contributed by atoms with Gasteiger partial charge < -0.3 is 5.73 Å².